The molecule has 26 nitrogen and oxygen atoms in total. The summed E-state index contributed by atoms with van der Waals surface area (Å²) < 4.78 is 53.3. The van der Waals surface area contributed by atoms with Crippen molar-refractivity contribution in [2.45, 2.75) is 0 Å². The Morgan fingerprint density at radius 3 is 0.219 bits per heavy atom. The van der Waals surface area contributed by atoms with Crippen LogP contribution in [0.25, 0.3) is 0 Å². The highest BCUT2D eigenvalue weighted by molar-refractivity contribution is 7.46. The van der Waals surface area contributed by atoms with Crippen LogP contribution in [0.3, 0.4) is 0 Å². The molecule has 0 aliphatic heterocycles. The van der Waals surface area contributed by atoms with Crippen molar-refractivity contribution in [3.63, 3.8) is 0 Å². The average molecular weight is 624 g/mol. The van der Waals surface area contributed by atoms with Gasteiger partial charge in [-0.3, -0.25) is 0 Å². The lowest BCUT2D eigenvalue weighted by molar-refractivity contribution is 0.272. The second-order valence-corrected chi connectivity index (χ2v) is 9.24. The fraction of sp³-hybridized carbons (Fsp3) is 0. The Hall–Kier alpha value is 0.580. The van der Waals surface area contributed by atoms with E-state index in [1.165, 1.54) is 0 Å². The van der Waals surface area contributed by atoms with Gasteiger partial charge in [0.05, 0.1) is 0 Å². The van der Waals surface area contributed by atoms with E-state index in [0.717, 1.165) is 0 Å². The number of hydrogen-bond donors (Lipinski definition) is 18. The zero-order valence-corrected chi connectivity index (χ0v) is 19.5. The Morgan fingerprint density at radius 2 is 0.219 bits per heavy atom. The fourth-order valence-electron chi connectivity index (χ4n) is 0. The van der Waals surface area contributed by atoms with E-state index in [1.54, 1.807) is 0 Å². The first-order valence-electron chi connectivity index (χ1n) is 4.70. The van der Waals surface area contributed by atoms with Crippen molar-refractivity contribution in [3.05, 3.63) is 0 Å². The summed E-state index contributed by atoms with van der Waals surface area (Å²) in [6.07, 6.45) is 0. The molecule has 0 saturated carbocycles. The summed E-state index contributed by atoms with van der Waals surface area (Å²) in [5, 5.41) is 0. The minimum atomic E-state index is -4.64. The first-order chi connectivity index (χ1) is 12.0. The zero-order chi connectivity index (χ0) is 27.0. The zero-order valence-electron chi connectivity index (χ0n) is 14.2. The average Bonchev–Trinajstić information content (AvgIpc) is 1.94. The Labute approximate surface area is 174 Å². The van der Waals surface area contributed by atoms with Crippen molar-refractivity contribution < 1.29 is 126 Å². The van der Waals surface area contributed by atoms with Crippen LogP contribution in [0.5, 0.6) is 0 Å². The normalized spacial score (nSPS) is 11.1. The van der Waals surface area contributed by atoms with Gasteiger partial charge in [-0.1, -0.05) is 0 Å². The highest BCUT2D eigenvalue weighted by atomic mass is 31.2. The molecule has 0 amide bonds. The number of phosphoric acid groups is 6. The predicted octanol–water partition coefficient (Wildman–Crippen LogP) is -7.22. The van der Waals surface area contributed by atoms with E-state index in [9.17, 15) is 0 Å². The smallest absolute Gasteiger partial charge is 0.412 e. The van der Waals surface area contributed by atoms with Crippen LogP contribution in [-0.2, 0) is 27.4 Å². The lowest BCUT2D eigenvalue weighted by atomic mass is 15.8. The molecule has 0 heterocycles. The molecule has 0 spiro atoms. The molecular formula is H22O26P6. The third kappa shape index (κ3) is 79500. The molecular weight excluding hydrogens is 602 g/mol. The predicted molar refractivity (Wildman–Crippen MR) is 92.8 cm³/mol. The van der Waals surface area contributed by atoms with E-state index in [-0.39, 0.29) is 11.0 Å². The van der Waals surface area contributed by atoms with E-state index in [1.807, 2.05) is 0 Å². The fourth-order valence-corrected chi connectivity index (χ4v) is 0. The third-order valence-corrected chi connectivity index (χ3v) is 0. The van der Waals surface area contributed by atoms with Gasteiger partial charge in [-0.15, -0.1) is 0 Å². The molecule has 0 saturated heterocycles. The quantitative estimate of drug-likeness (QED) is 0.111. The maximum absolute atomic E-state index is 8.88. The van der Waals surface area contributed by atoms with Crippen LogP contribution in [0, 0.1) is 0 Å². The molecule has 0 unspecified atom stereocenters. The molecule has 0 aromatic heterocycles. The summed E-state index contributed by atoms with van der Waals surface area (Å²) in [5.41, 5.74) is 0. The maximum Gasteiger partial charge on any atom is 0.466 e. The van der Waals surface area contributed by atoms with Crippen LogP contribution in [0.4, 0.5) is 0 Å². The van der Waals surface area contributed by atoms with Crippen molar-refractivity contribution in [3.8, 4) is 0 Å². The van der Waals surface area contributed by atoms with Gasteiger partial charge < -0.3 is 99.0 Å². The third-order valence-electron chi connectivity index (χ3n) is 0. The molecule has 0 rings (SSSR count). The molecule has 0 aromatic rings. The van der Waals surface area contributed by atoms with Crippen LogP contribution in [-0.4, -0.2) is 99.0 Å². The van der Waals surface area contributed by atoms with E-state index >= 15 is 0 Å². The van der Waals surface area contributed by atoms with E-state index in [2.05, 4.69) is 0 Å². The Kier molecular flexibility index (Phi) is 37.1. The van der Waals surface area contributed by atoms with E-state index < -0.39 is 46.9 Å². The van der Waals surface area contributed by atoms with Gasteiger partial charge in [0.2, 0.25) is 0 Å². The molecule has 0 fully saturated rings. The van der Waals surface area contributed by atoms with Crippen molar-refractivity contribution in [2.24, 2.45) is 0 Å². The maximum atomic E-state index is 8.88. The van der Waals surface area contributed by atoms with Crippen molar-refractivity contribution in [1.82, 2.24) is 0 Å². The van der Waals surface area contributed by atoms with Gasteiger partial charge in [0.15, 0.2) is 0 Å². The monoisotopic (exact) mass is 624 g/mol. The summed E-state index contributed by atoms with van der Waals surface area (Å²) in [7, 11) is -27.8. The van der Waals surface area contributed by atoms with Crippen molar-refractivity contribution in [2.75, 3.05) is 0 Å². The Balaban J connectivity index is -0.0000000356. The second kappa shape index (κ2) is 22.1. The molecule has 32 heteroatoms. The van der Waals surface area contributed by atoms with E-state index in [4.69, 9.17) is 115 Å². The minimum Gasteiger partial charge on any atom is -0.412 e. The minimum absolute atomic E-state index is 0. The van der Waals surface area contributed by atoms with Crippen molar-refractivity contribution in [1.29, 1.82) is 0 Å². The highest BCUT2D eigenvalue weighted by Gasteiger charge is 2.02. The van der Waals surface area contributed by atoms with Gasteiger partial charge in [-0.25, -0.2) is 27.4 Å². The summed E-state index contributed by atoms with van der Waals surface area (Å²) >= 11 is 0. The SMILES string of the molecule is O.O.O=P(O)(O)O.O=P(O)(O)O.O=P(O)(O)O.O=P(O)(O)O.O=P(O)(O)O.O=P(O)(O)O. The van der Waals surface area contributed by atoms with Crippen LogP contribution in [0.15, 0.2) is 0 Å². The van der Waals surface area contributed by atoms with Crippen LogP contribution in [0.2, 0.25) is 0 Å². The van der Waals surface area contributed by atoms with Gasteiger partial charge in [-0.05, 0) is 0 Å². The number of rotatable bonds is 0. The summed E-state index contributed by atoms with van der Waals surface area (Å²) in [6.45, 7) is 0. The largest absolute Gasteiger partial charge is 0.466 e. The van der Waals surface area contributed by atoms with Gasteiger partial charge in [-0.2, -0.15) is 0 Å². The molecule has 0 bridgehead atoms. The van der Waals surface area contributed by atoms with Gasteiger partial charge in [0, 0.05) is 0 Å². The molecule has 0 atom stereocenters. The lowest BCUT2D eigenvalue weighted by Gasteiger charge is -1.82. The summed E-state index contributed by atoms with van der Waals surface area (Å²) in [5.74, 6) is 0. The van der Waals surface area contributed by atoms with E-state index in [0.29, 0.717) is 0 Å². The van der Waals surface area contributed by atoms with Crippen molar-refractivity contribution >= 4 is 46.9 Å². The van der Waals surface area contributed by atoms with Crippen LogP contribution >= 0.6 is 46.9 Å². The standard InChI is InChI=1S/6H3O4P.2H2O/c6*1-5(2,3)4;;/h6*(H3,1,2,3,4);2*1H2. The van der Waals surface area contributed by atoms with Gasteiger partial charge in [0.1, 0.15) is 0 Å². The van der Waals surface area contributed by atoms with Gasteiger partial charge in [0.25, 0.3) is 0 Å². The van der Waals surface area contributed by atoms with Gasteiger partial charge >= 0.3 is 46.9 Å². The summed E-state index contributed by atoms with van der Waals surface area (Å²) in [4.78, 5) is 129. The second-order valence-electron chi connectivity index (χ2n) is 3.08. The number of hydrogen-bond acceptors (Lipinski definition) is 6. The Bertz CT molecular complexity index is 454. The lowest BCUT2D eigenvalue weighted by Crippen LogP contribution is -1.66. The molecule has 0 aromatic carbocycles. The molecule has 0 radical (unpaired) electrons. The topological polar surface area (TPSA) is 530 Å². The molecule has 0 aliphatic carbocycles. The molecule has 0 aliphatic rings. The van der Waals surface area contributed by atoms with Crippen LogP contribution in [0.1, 0.15) is 0 Å². The molecule has 32 heavy (non-hydrogen) atoms. The summed E-state index contributed by atoms with van der Waals surface area (Å²) in [6, 6.07) is 0. The first kappa shape index (κ1) is 53.8. The molecule has 208 valence electrons. The van der Waals surface area contributed by atoms with Crippen LogP contribution < -0.4 is 0 Å². The highest BCUT2D eigenvalue weighted by Crippen LogP contribution is 2.27. The molecule has 22 N–H and O–H groups in total. The first-order valence-corrected chi connectivity index (χ1v) is 14.1. The Morgan fingerprint density at radius 1 is 0.219 bits per heavy atom.